The molecule has 1 amide bonds. The maximum Gasteiger partial charge on any atom is 0.225 e. The second-order valence-electron chi connectivity index (χ2n) is 6.41. The van der Waals surface area contributed by atoms with Crippen LogP contribution in [0.25, 0.3) is 0 Å². The molecule has 0 spiro atoms. The molecule has 6 heteroatoms. The average Bonchev–Trinajstić information content (AvgIpc) is 3.03. The number of nitrogens with one attached hydrogen (secondary N) is 2. The van der Waals surface area contributed by atoms with E-state index in [0.29, 0.717) is 31.0 Å². The highest BCUT2D eigenvalue weighted by Crippen LogP contribution is 2.12. The van der Waals surface area contributed by atoms with E-state index in [1.54, 1.807) is 19.2 Å². The van der Waals surface area contributed by atoms with Gasteiger partial charge in [-0.25, -0.2) is 4.39 Å². The predicted octanol–water partition coefficient (Wildman–Crippen LogP) is 1.79. The minimum Gasteiger partial charge on any atom is -0.356 e. The van der Waals surface area contributed by atoms with Crippen molar-refractivity contribution in [2.75, 3.05) is 26.7 Å². The minimum absolute atomic E-state index is 0.0296. The molecule has 1 aliphatic heterocycles. The van der Waals surface area contributed by atoms with Crippen LogP contribution in [0, 0.1) is 11.7 Å². The van der Waals surface area contributed by atoms with Crippen LogP contribution >= 0.6 is 0 Å². The minimum atomic E-state index is -0.180. The van der Waals surface area contributed by atoms with Gasteiger partial charge in [0.1, 0.15) is 5.82 Å². The number of nitrogens with zero attached hydrogens (tertiary/aromatic N) is 2. The number of guanidine groups is 1. The number of halogens is 1. The van der Waals surface area contributed by atoms with Crippen LogP contribution in [0.5, 0.6) is 0 Å². The van der Waals surface area contributed by atoms with Gasteiger partial charge in [-0.3, -0.25) is 9.79 Å². The summed E-state index contributed by atoms with van der Waals surface area (Å²) in [6.07, 6.45) is 1.50. The molecule has 1 heterocycles. The van der Waals surface area contributed by atoms with E-state index in [-0.39, 0.29) is 23.7 Å². The first kappa shape index (κ1) is 18.2. The summed E-state index contributed by atoms with van der Waals surface area (Å²) < 4.78 is 13.6. The molecule has 0 radical (unpaired) electrons. The van der Waals surface area contributed by atoms with Crippen LogP contribution < -0.4 is 10.6 Å². The van der Waals surface area contributed by atoms with Gasteiger partial charge >= 0.3 is 0 Å². The average molecular weight is 334 g/mol. The summed E-state index contributed by atoms with van der Waals surface area (Å²) in [4.78, 5) is 18.1. The number of hydrogen-bond acceptors (Lipinski definition) is 2. The molecule has 132 valence electrons. The highest BCUT2D eigenvalue weighted by atomic mass is 19.1. The zero-order valence-electron chi connectivity index (χ0n) is 14.7. The Morgan fingerprint density at radius 2 is 2.17 bits per heavy atom. The molecule has 0 aromatic heterocycles. The summed E-state index contributed by atoms with van der Waals surface area (Å²) >= 11 is 0. The predicted molar refractivity (Wildman–Crippen MR) is 94.4 cm³/mol. The van der Waals surface area contributed by atoms with Gasteiger partial charge in [0.15, 0.2) is 5.96 Å². The molecule has 0 aliphatic carbocycles. The summed E-state index contributed by atoms with van der Waals surface area (Å²) in [6.45, 7) is 5.92. The van der Waals surface area contributed by atoms with E-state index >= 15 is 0 Å². The Morgan fingerprint density at radius 3 is 2.83 bits per heavy atom. The third-order valence-electron chi connectivity index (χ3n) is 4.20. The van der Waals surface area contributed by atoms with Crippen molar-refractivity contribution in [1.82, 2.24) is 15.5 Å². The number of hydrogen-bond donors (Lipinski definition) is 2. The molecule has 0 saturated carbocycles. The Hall–Kier alpha value is -2.11. The van der Waals surface area contributed by atoms with E-state index < -0.39 is 0 Å². The fourth-order valence-corrected chi connectivity index (χ4v) is 2.85. The number of amides is 1. The van der Waals surface area contributed by atoms with Gasteiger partial charge in [0.05, 0.1) is 0 Å². The van der Waals surface area contributed by atoms with Gasteiger partial charge in [-0.15, -0.1) is 0 Å². The van der Waals surface area contributed by atoms with Crippen LogP contribution in [0.15, 0.2) is 29.3 Å². The summed E-state index contributed by atoms with van der Waals surface area (Å²) in [6, 6.07) is 7.00. The van der Waals surface area contributed by atoms with Crippen molar-refractivity contribution in [2.24, 2.45) is 10.9 Å². The van der Waals surface area contributed by atoms with Crippen molar-refractivity contribution in [1.29, 1.82) is 0 Å². The molecule has 2 N–H and O–H groups in total. The maximum atomic E-state index is 13.6. The molecule has 1 saturated heterocycles. The number of carbonyl (C=O) groups excluding carboxylic acids is 1. The lowest BCUT2D eigenvalue weighted by Crippen LogP contribution is -2.45. The molecule has 1 atom stereocenters. The van der Waals surface area contributed by atoms with Crippen molar-refractivity contribution in [2.45, 2.75) is 32.7 Å². The van der Waals surface area contributed by atoms with E-state index in [9.17, 15) is 9.18 Å². The Morgan fingerprint density at radius 1 is 1.42 bits per heavy atom. The Bertz CT molecular complexity index is 588. The first-order valence-electron chi connectivity index (χ1n) is 8.50. The number of rotatable bonds is 5. The number of benzene rings is 1. The van der Waals surface area contributed by atoms with Crippen molar-refractivity contribution in [3.05, 3.63) is 35.6 Å². The van der Waals surface area contributed by atoms with E-state index in [4.69, 9.17) is 0 Å². The number of likely N-dealkylation sites (tertiary alicyclic amines) is 1. The SMILES string of the molecule is CN=C(NCCc1ccccc1F)NC1CCN(C(=O)C(C)C)C1. The van der Waals surface area contributed by atoms with Gasteiger partial charge in [0, 0.05) is 38.6 Å². The zero-order chi connectivity index (χ0) is 17.5. The van der Waals surface area contributed by atoms with Gasteiger partial charge in [-0.2, -0.15) is 0 Å². The molecule has 1 aliphatic rings. The van der Waals surface area contributed by atoms with E-state index in [1.165, 1.54) is 6.07 Å². The lowest BCUT2D eigenvalue weighted by molar-refractivity contribution is -0.133. The fraction of sp³-hybridized carbons (Fsp3) is 0.556. The Labute approximate surface area is 143 Å². The molecule has 5 nitrogen and oxygen atoms in total. The van der Waals surface area contributed by atoms with E-state index in [0.717, 1.165) is 13.0 Å². The van der Waals surface area contributed by atoms with E-state index in [2.05, 4.69) is 15.6 Å². The number of carbonyl (C=O) groups is 1. The second kappa shape index (κ2) is 8.66. The molecule has 1 aromatic rings. The summed E-state index contributed by atoms with van der Waals surface area (Å²) in [5.41, 5.74) is 0.690. The van der Waals surface area contributed by atoms with Crippen molar-refractivity contribution < 1.29 is 9.18 Å². The fourth-order valence-electron chi connectivity index (χ4n) is 2.85. The molecular weight excluding hydrogens is 307 g/mol. The van der Waals surface area contributed by atoms with Crippen molar-refractivity contribution in [3.63, 3.8) is 0 Å². The van der Waals surface area contributed by atoms with Crippen LogP contribution in [0.2, 0.25) is 0 Å². The summed E-state index contributed by atoms with van der Waals surface area (Å²) in [5, 5.41) is 6.55. The maximum absolute atomic E-state index is 13.6. The van der Waals surface area contributed by atoms with Gasteiger partial charge in [0.25, 0.3) is 0 Å². The van der Waals surface area contributed by atoms with Crippen LogP contribution in [0.4, 0.5) is 4.39 Å². The molecule has 24 heavy (non-hydrogen) atoms. The first-order chi connectivity index (χ1) is 11.5. The summed E-state index contributed by atoms with van der Waals surface area (Å²) in [5.74, 6) is 0.736. The Balaban J connectivity index is 1.77. The molecule has 1 unspecified atom stereocenters. The topological polar surface area (TPSA) is 56.7 Å². The van der Waals surface area contributed by atoms with Crippen LogP contribution in [0.1, 0.15) is 25.8 Å². The van der Waals surface area contributed by atoms with Gasteiger partial charge in [0.2, 0.25) is 5.91 Å². The van der Waals surface area contributed by atoms with Crippen LogP contribution in [-0.2, 0) is 11.2 Å². The van der Waals surface area contributed by atoms with Gasteiger partial charge in [-0.05, 0) is 24.5 Å². The van der Waals surface area contributed by atoms with Crippen LogP contribution in [0.3, 0.4) is 0 Å². The monoisotopic (exact) mass is 334 g/mol. The number of aliphatic imine (C=N–C) groups is 1. The second-order valence-corrected chi connectivity index (χ2v) is 6.41. The van der Waals surface area contributed by atoms with Crippen molar-refractivity contribution in [3.8, 4) is 0 Å². The smallest absolute Gasteiger partial charge is 0.225 e. The normalized spacial score (nSPS) is 18.1. The molecule has 2 rings (SSSR count). The van der Waals surface area contributed by atoms with Gasteiger partial charge < -0.3 is 15.5 Å². The molecule has 1 fully saturated rings. The molecule has 0 bridgehead atoms. The first-order valence-corrected chi connectivity index (χ1v) is 8.50. The quantitative estimate of drug-likeness (QED) is 0.638. The van der Waals surface area contributed by atoms with Gasteiger partial charge in [-0.1, -0.05) is 32.0 Å². The zero-order valence-corrected chi connectivity index (χ0v) is 14.7. The van der Waals surface area contributed by atoms with Crippen LogP contribution in [-0.4, -0.2) is 49.5 Å². The summed E-state index contributed by atoms with van der Waals surface area (Å²) in [7, 11) is 1.71. The lowest BCUT2D eigenvalue weighted by atomic mass is 10.1. The highest BCUT2D eigenvalue weighted by molar-refractivity contribution is 5.81. The lowest BCUT2D eigenvalue weighted by Gasteiger charge is -2.20. The standard InChI is InChI=1S/C18H27FN4O/c1-13(2)17(24)23-11-9-15(12-23)22-18(20-3)21-10-8-14-6-4-5-7-16(14)19/h4-7,13,15H,8-12H2,1-3H3,(H2,20,21,22). The molecule has 1 aromatic carbocycles. The largest absolute Gasteiger partial charge is 0.356 e. The van der Waals surface area contributed by atoms with E-state index in [1.807, 2.05) is 24.8 Å². The highest BCUT2D eigenvalue weighted by Gasteiger charge is 2.27. The Kier molecular flexibility index (Phi) is 6.58. The molecular formula is C18H27FN4O. The third-order valence-corrected chi connectivity index (χ3v) is 4.20. The van der Waals surface area contributed by atoms with Crippen molar-refractivity contribution >= 4 is 11.9 Å². The third kappa shape index (κ3) is 4.94.